The minimum Gasteiger partial charge on any atom is -0.322 e. The first-order valence-electron chi connectivity index (χ1n) is 5.92. The molecule has 0 saturated heterocycles. The van der Waals surface area contributed by atoms with E-state index in [0.717, 1.165) is 16.8 Å². The summed E-state index contributed by atoms with van der Waals surface area (Å²) >= 11 is 0. The number of carbonyl (C=O) groups is 1. The predicted octanol–water partition coefficient (Wildman–Crippen LogP) is 2.24. The fourth-order valence-corrected chi connectivity index (χ4v) is 1.76. The van der Waals surface area contributed by atoms with Crippen molar-refractivity contribution in [1.29, 1.82) is 0 Å². The average Bonchev–Trinajstić information content (AvgIpc) is 2.42. The molecule has 2 aromatic rings. The molecule has 5 nitrogen and oxygen atoms in total. The van der Waals surface area contributed by atoms with E-state index < -0.39 is 0 Å². The van der Waals surface area contributed by atoms with Crippen molar-refractivity contribution in [3.63, 3.8) is 0 Å². The van der Waals surface area contributed by atoms with Gasteiger partial charge in [-0.2, -0.15) is 0 Å². The number of aryl methyl sites for hydroxylation is 2. The van der Waals surface area contributed by atoms with Crippen molar-refractivity contribution < 1.29 is 4.79 Å². The van der Waals surface area contributed by atoms with Crippen LogP contribution in [0.3, 0.4) is 0 Å². The Labute approximate surface area is 111 Å². The highest BCUT2D eigenvalue weighted by atomic mass is 16.1. The van der Waals surface area contributed by atoms with Crippen molar-refractivity contribution in [3.8, 4) is 0 Å². The molecule has 0 aliphatic heterocycles. The molecule has 0 aliphatic carbocycles. The van der Waals surface area contributed by atoms with Gasteiger partial charge < -0.3 is 10.7 Å². The van der Waals surface area contributed by atoms with Crippen LogP contribution < -0.4 is 16.6 Å². The van der Waals surface area contributed by atoms with Gasteiger partial charge in [0.15, 0.2) is 5.82 Å². The van der Waals surface area contributed by atoms with Crippen LogP contribution in [0.15, 0.2) is 36.5 Å². The summed E-state index contributed by atoms with van der Waals surface area (Å²) in [5.41, 5.74) is 5.71. The van der Waals surface area contributed by atoms with Gasteiger partial charge in [0.1, 0.15) is 0 Å². The molecule has 5 heteroatoms. The molecule has 1 heterocycles. The van der Waals surface area contributed by atoms with Gasteiger partial charge in [-0.3, -0.25) is 4.79 Å². The summed E-state index contributed by atoms with van der Waals surface area (Å²) in [6.07, 6.45) is 1.57. The number of hydrazine groups is 1. The van der Waals surface area contributed by atoms with Gasteiger partial charge in [-0.15, -0.1) is 0 Å². The maximum absolute atomic E-state index is 12.2. The quantitative estimate of drug-likeness (QED) is 0.581. The third-order valence-electron chi connectivity index (χ3n) is 2.83. The van der Waals surface area contributed by atoms with E-state index in [1.165, 1.54) is 0 Å². The van der Waals surface area contributed by atoms with Crippen molar-refractivity contribution in [2.75, 3.05) is 10.7 Å². The van der Waals surface area contributed by atoms with Crippen LogP contribution in [0, 0.1) is 13.8 Å². The Morgan fingerprint density at radius 3 is 2.79 bits per heavy atom. The lowest BCUT2D eigenvalue weighted by Gasteiger charge is -2.11. The summed E-state index contributed by atoms with van der Waals surface area (Å²) in [5.74, 6) is 5.45. The van der Waals surface area contributed by atoms with E-state index in [1.54, 1.807) is 18.3 Å². The number of anilines is 2. The molecule has 1 amide bonds. The van der Waals surface area contributed by atoms with E-state index in [9.17, 15) is 4.79 Å². The highest BCUT2D eigenvalue weighted by molar-refractivity contribution is 6.07. The predicted molar refractivity (Wildman–Crippen MR) is 75.9 cm³/mol. The SMILES string of the molecule is Cc1ccc(C)c(NC(=O)c2cccnc2NN)c1. The molecule has 0 unspecified atom stereocenters. The van der Waals surface area contributed by atoms with Crippen molar-refractivity contribution in [2.45, 2.75) is 13.8 Å². The van der Waals surface area contributed by atoms with E-state index in [1.807, 2.05) is 32.0 Å². The fourth-order valence-electron chi connectivity index (χ4n) is 1.76. The summed E-state index contributed by atoms with van der Waals surface area (Å²) in [6.45, 7) is 3.92. The lowest BCUT2D eigenvalue weighted by atomic mass is 10.1. The topological polar surface area (TPSA) is 80.0 Å². The normalized spacial score (nSPS) is 10.1. The maximum Gasteiger partial charge on any atom is 0.259 e. The third-order valence-corrected chi connectivity index (χ3v) is 2.83. The summed E-state index contributed by atoms with van der Waals surface area (Å²) in [4.78, 5) is 16.2. The van der Waals surface area contributed by atoms with Gasteiger partial charge in [-0.1, -0.05) is 12.1 Å². The van der Waals surface area contributed by atoms with E-state index >= 15 is 0 Å². The average molecular weight is 256 g/mol. The van der Waals surface area contributed by atoms with Crippen LogP contribution in [0.1, 0.15) is 21.5 Å². The first-order valence-corrected chi connectivity index (χ1v) is 5.92. The van der Waals surface area contributed by atoms with Crippen LogP contribution in [-0.2, 0) is 0 Å². The zero-order valence-electron chi connectivity index (χ0n) is 10.9. The first-order chi connectivity index (χ1) is 9.11. The van der Waals surface area contributed by atoms with Gasteiger partial charge in [0, 0.05) is 11.9 Å². The number of hydrogen-bond donors (Lipinski definition) is 3. The Hall–Kier alpha value is -2.40. The molecule has 0 aliphatic rings. The molecule has 0 radical (unpaired) electrons. The second-order valence-corrected chi connectivity index (χ2v) is 4.32. The van der Waals surface area contributed by atoms with Crippen LogP contribution in [-0.4, -0.2) is 10.9 Å². The van der Waals surface area contributed by atoms with Gasteiger partial charge in [-0.05, 0) is 43.2 Å². The Bertz CT molecular complexity index is 610. The summed E-state index contributed by atoms with van der Waals surface area (Å²) in [6, 6.07) is 9.26. The number of nitrogens with one attached hydrogen (secondary N) is 2. The largest absolute Gasteiger partial charge is 0.322 e. The number of benzene rings is 1. The molecular formula is C14H16N4O. The molecule has 0 saturated carbocycles. The number of amides is 1. The monoisotopic (exact) mass is 256 g/mol. The number of nitrogens with two attached hydrogens (primary N) is 1. The minimum atomic E-state index is -0.241. The number of nitrogens with zero attached hydrogens (tertiary/aromatic N) is 1. The fraction of sp³-hybridized carbons (Fsp3) is 0.143. The van der Waals surface area contributed by atoms with E-state index in [0.29, 0.717) is 11.4 Å². The molecule has 4 N–H and O–H groups in total. The number of carbonyl (C=O) groups excluding carboxylic acids is 1. The second-order valence-electron chi connectivity index (χ2n) is 4.32. The minimum absolute atomic E-state index is 0.241. The smallest absolute Gasteiger partial charge is 0.259 e. The first kappa shape index (κ1) is 13.0. The zero-order valence-corrected chi connectivity index (χ0v) is 10.9. The lowest BCUT2D eigenvalue weighted by Crippen LogP contribution is -2.18. The number of aromatic nitrogens is 1. The Morgan fingerprint density at radius 1 is 1.26 bits per heavy atom. The van der Waals surface area contributed by atoms with Crippen LogP contribution in [0.2, 0.25) is 0 Å². The van der Waals surface area contributed by atoms with E-state index in [4.69, 9.17) is 5.84 Å². The molecule has 2 rings (SSSR count). The number of rotatable bonds is 3. The zero-order chi connectivity index (χ0) is 13.8. The maximum atomic E-state index is 12.2. The highest BCUT2D eigenvalue weighted by Gasteiger charge is 2.12. The number of hydrogen-bond acceptors (Lipinski definition) is 4. The third kappa shape index (κ3) is 2.89. The molecule has 0 spiro atoms. The molecule has 0 fully saturated rings. The molecule has 0 bridgehead atoms. The number of pyridine rings is 1. The van der Waals surface area contributed by atoms with Crippen molar-refractivity contribution in [2.24, 2.45) is 5.84 Å². The summed E-state index contributed by atoms with van der Waals surface area (Å²) in [7, 11) is 0. The van der Waals surface area contributed by atoms with Crippen LogP contribution in [0.25, 0.3) is 0 Å². The van der Waals surface area contributed by atoms with E-state index in [-0.39, 0.29) is 5.91 Å². The van der Waals surface area contributed by atoms with Crippen molar-refractivity contribution in [1.82, 2.24) is 4.98 Å². The second kappa shape index (κ2) is 5.49. The van der Waals surface area contributed by atoms with Crippen LogP contribution >= 0.6 is 0 Å². The summed E-state index contributed by atoms with van der Waals surface area (Å²) in [5, 5.41) is 2.87. The van der Waals surface area contributed by atoms with Crippen molar-refractivity contribution in [3.05, 3.63) is 53.2 Å². The van der Waals surface area contributed by atoms with Gasteiger partial charge in [-0.25, -0.2) is 10.8 Å². The van der Waals surface area contributed by atoms with Crippen molar-refractivity contribution >= 4 is 17.4 Å². The Kier molecular flexibility index (Phi) is 3.77. The molecule has 98 valence electrons. The molecule has 0 atom stereocenters. The standard InChI is InChI=1S/C14H16N4O/c1-9-5-6-10(2)12(8-9)17-14(19)11-4-3-7-16-13(11)18-15/h3-8H,15H2,1-2H3,(H,16,18)(H,17,19). The number of nitrogen functional groups attached to an aromatic ring is 1. The van der Waals surface area contributed by atoms with Gasteiger partial charge in [0.25, 0.3) is 5.91 Å². The Balaban J connectivity index is 2.28. The Morgan fingerprint density at radius 2 is 2.05 bits per heavy atom. The molecule has 1 aromatic heterocycles. The lowest BCUT2D eigenvalue weighted by molar-refractivity contribution is 0.102. The van der Waals surface area contributed by atoms with E-state index in [2.05, 4.69) is 15.7 Å². The highest BCUT2D eigenvalue weighted by Crippen LogP contribution is 2.19. The summed E-state index contributed by atoms with van der Waals surface area (Å²) < 4.78 is 0. The molecular weight excluding hydrogens is 240 g/mol. The molecule has 19 heavy (non-hydrogen) atoms. The van der Waals surface area contributed by atoms with Gasteiger partial charge >= 0.3 is 0 Å². The van der Waals surface area contributed by atoms with Gasteiger partial charge in [0.05, 0.1) is 5.56 Å². The van der Waals surface area contributed by atoms with Gasteiger partial charge in [0.2, 0.25) is 0 Å². The van der Waals surface area contributed by atoms with Crippen LogP contribution in [0.4, 0.5) is 11.5 Å². The van der Waals surface area contributed by atoms with Crippen LogP contribution in [0.5, 0.6) is 0 Å². The molecule has 1 aromatic carbocycles.